The van der Waals surface area contributed by atoms with Crippen LogP contribution in [0.4, 0.5) is 10.5 Å². The van der Waals surface area contributed by atoms with Crippen LogP contribution in [0.25, 0.3) is 0 Å². The summed E-state index contributed by atoms with van der Waals surface area (Å²) in [5, 5.41) is 8.91. The second-order valence-electron chi connectivity index (χ2n) is 7.77. The number of urea groups is 1. The van der Waals surface area contributed by atoms with E-state index < -0.39 is 0 Å². The van der Waals surface area contributed by atoms with Crippen molar-refractivity contribution >= 4 is 17.6 Å². The third kappa shape index (κ3) is 4.99. The predicted octanol–water partition coefficient (Wildman–Crippen LogP) is 1.49. The van der Waals surface area contributed by atoms with Crippen molar-refractivity contribution in [1.29, 1.82) is 0 Å². The SMILES string of the molecule is O=C(Cc1ccc(NC(=O)N[C@@H]2COC[C@H]2N2CCCC2)cc1)NC1CC1. The smallest absolute Gasteiger partial charge is 0.319 e. The van der Waals surface area contributed by atoms with Gasteiger partial charge in [0.15, 0.2) is 0 Å². The summed E-state index contributed by atoms with van der Waals surface area (Å²) < 4.78 is 5.60. The second kappa shape index (κ2) is 8.27. The van der Waals surface area contributed by atoms with Crippen molar-refractivity contribution < 1.29 is 14.3 Å². The molecule has 1 aromatic carbocycles. The van der Waals surface area contributed by atoms with Crippen molar-refractivity contribution in [3.8, 4) is 0 Å². The lowest BCUT2D eigenvalue weighted by Crippen LogP contribution is -2.51. The average molecular weight is 372 g/mol. The van der Waals surface area contributed by atoms with Gasteiger partial charge in [0.1, 0.15) is 0 Å². The minimum absolute atomic E-state index is 0.0218. The number of nitrogens with one attached hydrogen (secondary N) is 3. The Balaban J connectivity index is 1.25. The zero-order valence-corrected chi connectivity index (χ0v) is 15.6. The van der Waals surface area contributed by atoms with E-state index in [1.807, 2.05) is 24.3 Å². The average Bonchev–Trinajstić information content (AvgIpc) is 3.10. The van der Waals surface area contributed by atoms with Crippen LogP contribution >= 0.6 is 0 Å². The van der Waals surface area contributed by atoms with Crippen LogP contribution in [0.1, 0.15) is 31.2 Å². The highest BCUT2D eigenvalue weighted by Gasteiger charge is 2.35. The monoisotopic (exact) mass is 372 g/mol. The fraction of sp³-hybridized carbons (Fsp3) is 0.600. The number of carbonyl (C=O) groups is 2. The molecule has 0 unspecified atom stereocenters. The molecule has 7 nitrogen and oxygen atoms in total. The van der Waals surface area contributed by atoms with Crippen molar-refractivity contribution in [2.24, 2.45) is 0 Å². The molecule has 2 aliphatic heterocycles. The number of carbonyl (C=O) groups excluding carboxylic acids is 2. The molecular weight excluding hydrogens is 344 g/mol. The molecule has 146 valence electrons. The summed E-state index contributed by atoms with van der Waals surface area (Å²) in [6.07, 6.45) is 5.00. The highest BCUT2D eigenvalue weighted by atomic mass is 16.5. The van der Waals surface area contributed by atoms with Crippen LogP contribution in [0.15, 0.2) is 24.3 Å². The van der Waals surface area contributed by atoms with E-state index in [9.17, 15) is 9.59 Å². The van der Waals surface area contributed by atoms with E-state index in [1.54, 1.807) is 0 Å². The number of anilines is 1. The van der Waals surface area contributed by atoms with Gasteiger partial charge in [0.05, 0.1) is 31.7 Å². The van der Waals surface area contributed by atoms with Crippen LogP contribution in [0.2, 0.25) is 0 Å². The number of nitrogens with zero attached hydrogens (tertiary/aromatic N) is 1. The topological polar surface area (TPSA) is 82.7 Å². The zero-order valence-electron chi connectivity index (χ0n) is 15.6. The fourth-order valence-electron chi connectivity index (χ4n) is 3.85. The number of likely N-dealkylation sites (tertiary alicyclic amines) is 1. The van der Waals surface area contributed by atoms with Crippen molar-refractivity contribution in [3.05, 3.63) is 29.8 Å². The lowest BCUT2D eigenvalue weighted by molar-refractivity contribution is -0.120. The largest absolute Gasteiger partial charge is 0.378 e. The van der Waals surface area contributed by atoms with Crippen LogP contribution in [-0.4, -0.2) is 61.3 Å². The second-order valence-corrected chi connectivity index (χ2v) is 7.77. The highest BCUT2D eigenvalue weighted by molar-refractivity contribution is 5.89. The molecule has 0 spiro atoms. The van der Waals surface area contributed by atoms with Crippen LogP contribution in [0.3, 0.4) is 0 Å². The van der Waals surface area contributed by atoms with Gasteiger partial charge in [-0.1, -0.05) is 12.1 Å². The lowest BCUT2D eigenvalue weighted by atomic mass is 10.1. The molecule has 1 aromatic rings. The molecule has 2 heterocycles. The molecule has 2 saturated heterocycles. The van der Waals surface area contributed by atoms with E-state index in [0.717, 1.165) is 37.2 Å². The molecule has 1 saturated carbocycles. The molecule has 3 N–H and O–H groups in total. The standard InChI is InChI=1S/C20H28N4O3/c25-19(21-15-7-8-15)11-14-3-5-16(6-4-14)22-20(26)23-17-12-27-13-18(17)24-9-1-2-10-24/h3-6,15,17-18H,1-2,7-13H2,(H,21,25)(H2,22,23,26)/t17-,18-/m1/s1. The van der Waals surface area contributed by atoms with Crippen molar-refractivity contribution in [3.63, 3.8) is 0 Å². The van der Waals surface area contributed by atoms with Gasteiger partial charge in [-0.05, 0) is 56.5 Å². The van der Waals surface area contributed by atoms with Crippen molar-refractivity contribution in [2.45, 2.75) is 50.2 Å². The Morgan fingerprint density at radius 2 is 1.78 bits per heavy atom. The van der Waals surface area contributed by atoms with E-state index >= 15 is 0 Å². The number of rotatable bonds is 6. The molecule has 1 aliphatic carbocycles. The molecule has 27 heavy (non-hydrogen) atoms. The Kier molecular flexibility index (Phi) is 5.59. The first-order valence-electron chi connectivity index (χ1n) is 9.95. The van der Waals surface area contributed by atoms with E-state index in [0.29, 0.717) is 25.7 Å². The van der Waals surface area contributed by atoms with Crippen LogP contribution in [0, 0.1) is 0 Å². The maximum Gasteiger partial charge on any atom is 0.319 e. The first-order chi connectivity index (χ1) is 13.2. The summed E-state index contributed by atoms with van der Waals surface area (Å²) in [6, 6.07) is 7.89. The molecule has 2 atom stereocenters. The molecule has 0 radical (unpaired) electrons. The van der Waals surface area contributed by atoms with Crippen molar-refractivity contribution in [1.82, 2.24) is 15.5 Å². The first kappa shape index (κ1) is 18.3. The quantitative estimate of drug-likeness (QED) is 0.707. The minimum Gasteiger partial charge on any atom is -0.378 e. The van der Waals surface area contributed by atoms with Crippen LogP contribution in [-0.2, 0) is 16.0 Å². The van der Waals surface area contributed by atoms with Gasteiger partial charge in [0.25, 0.3) is 0 Å². The van der Waals surface area contributed by atoms with E-state index in [2.05, 4.69) is 20.9 Å². The normalized spacial score (nSPS) is 25.3. The van der Waals surface area contributed by atoms with Gasteiger partial charge in [0, 0.05) is 11.7 Å². The van der Waals surface area contributed by atoms with E-state index in [1.165, 1.54) is 12.8 Å². The van der Waals surface area contributed by atoms with Gasteiger partial charge < -0.3 is 20.7 Å². The third-order valence-electron chi connectivity index (χ3n) is 5.50. The van der Waals surface area contributed by atoms with Gasteiger partial charge in [-0.2, -0.15) is 0 Å². The Labute approximate surface area is 159 Å². The molecule has 3 aliphatic rings. The Bertz CT molecular complexity index is 668. The zero-order chi connectivity index (χ0) is 18.6. The molecule has 4 rings (SSSR count). The summed E-state index contributed by atoms with van der Waals surface area (Å²) in [5.74, 6) is 0.0603. The number of benzene rings is 1. The van der Waals surface area contributed by atoms with Gasteiger partial charge in [-0.15, -0.1) is 0 Å². The first-order valence-corrected chi connectivity index (χ1v) is 9.95. The van der Waals surface area contributed by atoms with Gasteiger partial charge in [0.2, 0.25) is 5.91 Å². The molecule has 7 heteroatoms. The van der Waals surface area contributed by atoms with Crippen LogP contribution < -0.4 is 16.0 Å². The molecule has 0 aromatic heterocycles. The molecule has 3 fully saturated rings. The molecule has 0 bridgehead atoms. The summed E-state index contributed by atoms with van der Waals surface area (Å²) >= 11 is 0. The Morgan fingerprint density at radius 1 is 1.04 bits per heavy atom. The number of hydrogen-bond donors (Lipinski definition) is 3. The number of hydrogen-bond acceptors (Lipinski definition) is 4. The maximum absolute atomic E-state index is 12.4. The summed E-state index contributed by atoms with van der Waals surface area (Å²) in [7, 11) is 0. The molecular formula is C20H28N4O3. The lowest BCUT2D eigenvalue weighted by Gasteiger charge is -2.27. The Morgan fingerprint density at radius 3 is 2.48 bits per heavy atom. The van der Waals surface area contributed by atoms with Gasteiger partial charge >= 0.3 is 6.03 Å². The fourth-order valence-corrected chi connectivity index (χ4v) is 3.85. The van der Waals surface area contributed by atoms with E-state index in [4.69, 9.17) is 4.74 Å². The minimum atomic E-state index is -0.214. The third-order valence-corrected chi connectivity index (χ3v) is 5.50. The number of amides is 3. The Hall–Kier alpha value is -2.12. The summed E-state index contributed by atoms with van der Waals surface area (Å²) in [4.78, 5) is 26.6. The van der Waals surface area contributed by atoms with Crippen LogP contribution in [0.5, 0.6) is 0 Å². The molecule has 3 amide bonds. The van der Waals surface area contributed by atoms with Gasteiger partial charge in [-0.25, -0.2) is 4.79 Å². The van der Waals surface area contributed by atoms with Crippen molar-refractivity contribution in [2.75, 3.05) is 31.6 Å². The number of ether oxygens (including phenoxy) is 1. The summed E-state index contributed by atoms with van der Waals surface area (Å²) in [5.41, 5.74) is 1.66. The summed E-state index contributed by atoms with van der Waals surface area (Å²) in [6.45, 7) is 3.42. The van der Waals surface area contributed by atoms with E-state index in [-0.39, 0.29) is 24.0 Å². The maximum atomic E-state index is 12.4. The highest BCUT2D eigenvalue weighted by Crippen LogP contribution is 2.20. The predicted molar refractivity (Wildman–Crippen MR) is 103 cm³/mol. The van der Waals surface area contributed by atoms with Gasteiger partial charge in [-0.3, -0.25) is 9.69 Å².